The predicted molar refractivity (Wildman–Crippen MR) is 70.3 cm³/mol. The van der Waals surface area contributed by atoms with Crippen LogP contribution in [0.5, 0.6) is 0 Å². The van der Waals surface area contributed by atoms with Gasteiger partial charge in [0.25, 0.3) is 0 Å². The van der Waals surface area contributed by atoms with E-state index < -0.39 is 0 Å². The Balaban J connectivity index is 2.22. The molecule has 0 bridgehead atoms. The van der Waals surface area contributed by atoms with Gasteiger partial charge < -0.3 is 4.90 Å². The first-order chi connectivity index (χ1) is 7.70. The Kier molecular flexibility index (Phi) is 3.79. The molecule has 1 aromatic rings. The van der Waals surface area contributed by atoms with Crippen LogP contribution in [-0.4, -0.2) is 27.9 Å². The normalized spacial score (nSPS) is 15.9. The van der Waals surface area contributed by atoms with Crippen LogP contribution in [0.1, 0.15) is 30.8 Å². The molecule has 4 heteroatoms. The van der Waals surface area contributed by atoms with Gasteiger partial charge in [0.1, 0.15) is 11.6 Å². The number of aromatic nitrogens is 2. The van der Waals surface area contributed by atoms with E-state index in [1.165, 1.54) is 19.3 Å². The molecule has 0 N–H and O–H groups in total. The van der Waals surface area contributed by atoms with Crippen LogP contribution in [-0.2, 0) is 0 Å². The van der Waals surface area contributed by atoms with Gasteiger partial charge >= 0.3 is 0 Å². The number of anilines is 1. The van der Waals surface area contributed by atoms with Gasteiger partial charge in [0.2, 0.25) is 0 Å². The highest BCUT2D eigenvalue weighted by molar-refractivity contribution is 9.09. The van der Waals surface area contributed by atoms with Crippen LogP contribution in [0.15, 0.2) is 6.07 Å². The lowest BCUT2D eigenvalue weighted by molar-refractivity contribution is 0.389. The van der Waals surface area contributed by atoms with E-state index in [-0.39, 0.29) is 0 Å². The number of hydrogen-bond acceptors (Lipinski definition) is 3. The van der Waals surface area contributed by atoms with Gasteiger partial charge in [0.15, 0.2) is 0 Å². The Labute approximate surface area is 105 Å². The highest BCUT2D eigenvalue weighted by atomic mass is 79.9. The standard InChI is InChI=1S/C12H18BrN3/c1-9-8-12(15-10(2)14-9)16(7-6-13)11-4-3-5-11/h8,11H,3-7H2,1-2H3. The Morgan fingerprint density at radius 3 is 2.62 bits per heavy atom. The third-order valence-electron chi connectivity index (χ3n) is 3.09. The minimum absolute atomic E-state index is 0.686. The molecule has 0 spiro atoms. The molecule has 0 amide bonds. The topological polar surface area (TPSA) is 29.0 Å². The van der Waals surface area contributed by atoms with Crippen molar-refractivity contribution in [3.05, 3.63) is 17.6 Å². The lowest BCUT2D eigenvalue weighted by atomic mass is 9.91. The molecule has 0 aromatic carbocycles. The number of aryl methyl sites for hydroxylation is 2. The third-order valence-corrected chi connectivity index (χ3v) is 3.44. The first-order valence-corrected chi connectivity index (χ1v) is 6.98. The molecule has 2 rings (SSSR count). The molecule has 1 aliphatic rings. The number of alkyl halides is 1. The maximum Gasteiger partial charge on any atom is 0.132 e. The van der Waals surface area contributed by atoms with Crippen molar-refractivity contribution in [3.8, 4) is 0 Å². The van der Waals surface area contributed by atoms with Crippen LogP contribution in [0.4, 0.5) is 5.82 Å². The van der Waals surface area contributed by atoms with Gasteiger partial charge in [-0.15, -0.1) is 0 Å². The molecule has 0 radical (unpaired) electrons. The summed E-state index contributed by atoms with van der Waals surface area (Å²) in [7, 11) is 0. The van der Waals surface area contributed by atoms with Crippen molar-refractivity contribution < 1.29 is 0 Å². The zero-order chi connectivity index (χ0) is 11.5. The smallest absolute Gasteiger partial charge is 0.132 e. The van der Waals surface area contributed by atoms with Gasteiger partial charge in [-0.2, -0.15) is 0 Å². The highest BCUT2D eigenvalue weighted by Crippen LogP contribution is 2.28. The van der Waals surface area contributed by atoms with E-state index in [2.05, 4.69) is 36.9 Å². The van der Waals surface area contributed by atoms with Gasteiger partial charge in [0.05, 0.1) is 0 Å². The van der Waals surface area contributed by atoms with E-state index in [9.17, 15) is 0 Å². The second kappa shape index (κ2) is 5.13. The van der Waals surface area contributed by atoms with E-state index in [1.54, 1.807) is 0 Å². The second-order valence-electron chi connectivity index (χ2n) is 4.38. The van der Waals surface area contributed by atoms with Crippen LogP contribution in [0.3, 0.4) is 0 Å². The Morgan fingerprint density at radius 1 is 1.38 bits per heavy atom. The zero-order valence-corrected chi connectivity index (χ0v) is 11.5. The summed E-state index contributed by atoms with van der Waals surface area (Å²) in [6, 6.07) is 2.78. The SMILES string of the molecule is Cc1cc(N(CCBr)C2CCC2)nc(C)n1. The van der Waals surface area contributed by atoms with Gasteiger partial charge in [-0.05, 0) is 33.1 Å². The molecule has 3 nitrogen and oxygen atoms in total. The van der Waals surface area contributed by atoms with Crippen molar-refractivity contribution in [2.75, 3.05) is 16.8 Å². The summed E-state index contributed by atoms with van der Waals surface area (Å²) in [6.45, 7) is 5.02. The molecule has 0 aliphatic heterocycles. The van der Waals surface area contributed by atoms with Crippen LogP contribution in [0, 0.1) is 13.8 Å². The predicted octanol–water partition coefficient (Wildman–Crippen LogP) is 2.85. The maximum atomic E-state index is 4.55. The molecule has 1 aromatic heterocycles. The van der Waals surface area contributed by atoms with Gasteiger partial charge in [0, 0.05) is 29.7 Å². The Hall–Kier alpha value is -0.640. The van der Waals surface area contributed by atoms with Crippen molar-refractivity contribution in [1.82, 2.24) is 9.97 Å². The first-order valence-electron chi connectivity index (χ1n) is 5.85. The number of rotatable bonds is 4. The Morgan fingerprint density at radius 2 is 2.12 bits per heavy atom. The summed E-state index contributed by atoms with van der Waals surface area (Å²) < 4.78 is 0. The zero-order valence-electron chi connectivity index (χ0n) is 9.91. The maximum absolute atomic E-state index is 4.55. The lowest BCUT2D eigenvalue weighted by Crippen LogP contribution is -2.42. The number of nitrogens with zero attached hydrogens (tertiary/aromatic N) is 3. The fraction of sp³-hybridized carbons (Fsp3) is 0.667. The minimum Gasteiger partial charge on any atom is -0.353 e. The molecule has 0 saturated heterocycles. The summed E-state index contributed by atoms with van der Waals surface area (Å²) in [5.74, 6) is 1.96. The third kappa shape index (κ3) is 2.54. The average Bonchev–Trinajstić information content (AvgIpc) is 2.12. The summed E-state index contributed by atoms with van der Waals surface area (Å²) in [4.78, 5) is 11.3. The second-order valence-corrected chi connectivity index (χ2v) is 5.17. The van der Waals surface area contributed by atoms with Crippen LogP contribution in [0.25, 0.3) is 0 Å². The van der Waals surface area contributed by atoms with E-state index in [0.29, 0.717) is 6.04 Å². The van der Waals surface area contributed by atoms with Crippen molar-refractivity contribution in [2.45, 2.75) is 39.2 Å². The van der Waals surface area contributed by atoms with Crippen molar-refractivity contribution >= 4 is 21.7 Å². The molecule has 0 unspecified atom stereocenters. The molecule has 0 atom stereocenters. The molecule has 16 heavy (non-hydrogen) atoms. The number of halogens is 1. The molecule has 88 valence electrons. The van der Waals surface area contributed by atoms with Crippen LogP contribution in [0.2, 0.25) is 0 Å². The fourth-order valence-electron chi connectivity index (χ4n) is 2.12. The first kappa shape index (κ1) is 11.8. The quantitative estimate of drug-likeness (QED) is 0.796. The van der Waals surface area contributed by atoms with E-state index >= 15 is 0 Å². The summed E-state index contributed by atoms with van der Waals surface area (Å²) >= 11 is 3.52. The van der Waals surface area contributed by atoms with E-state index in [4.69, 9.17) is 0 Å². The van der Waals surface area contributed by atoms with Crippen LogP contribution < -0.4 is 4.90 Å². The van der Waals surface area contributed by atoms with Crippen molar-refractivity contribution in [1.29, 1.82) is 0 Å². The van der Waals surface area contributed by atoms with Gasteiger partial charge in [-0.3, -0.25) is 0 Å². The summed E-state index contributed by atoms with van der Waals surface area (Å²) in [6.07, 6.45) is 3.96. The summed E-state index contributed by atoms with van der Waals surface area (Å²) in [5.41, 5.74) is 1.06. The minimum atomic E-state index is 0.686. The molecule has 1 fully saturated rings. The van der Waals surface area contributed by atoms with E-state index in [1.807, 2.05) is 13.8 Å². The van der Waals surface area contributed by atoms with Gasteiger partial charge in [-0.25, -0.2) is 9.97 Å². The summed E-state index contributed by atoms with van der Waals surface area (Å²) in [5, 5.41) is 0.992. The average molecular weight is 284 g/mol. The Bertz CT molecular complexity index is 343. The largest absolute Gasteiger partial charge is 0.353 e. The molecule has 1 aliphatic carbocycles. The van der Waals surface area contributed by atoms with E-state index in [0.717, 1.165) is 29.2 Å². The molecular formula is C12H18BrN3. The van der Waals surface area contributed by atoms with Crippen LogP contribution >= 0.6 is 15.9 Å². The van der Waals surface area contributed by atoms with Gasteiger partial charge in [-0.1, -0.05) is 15.9 Å². The molecule has 1 saturated carbocycles. The monoisotopic (exact) mass is 283 g/mol. The molecular weight excluding hydrogens is 266 g/mol. The number of hydrogen-bond donors (Lipinski definition) is 0. The molecule has 1 heterocycles. The lowest BCUT2D eigenvalue weighted by Gasteiger charge is -2.38. The highest BCUT2D eigenvalue weighted by Gasteiger charge is 2.25. The van der Waals surface area contributed by atoms with Crippen molar-refractivity contribution in [3.63, 3.8) is 0 Å². The fourth-order valence-corrected chi connectivity index (χ4v) is 2.50. The van der Waals surface area contributed by atoms with Crippen molar-refractivity contribution in [2.24, 2.45) is 0 Å².